The average Bonchev–Trinajstić information content (AvgIpc) is 2.31. The summed E-state index contributed by atoms with van der Waals surface area (Å²) in [5.74, 6) is 0.266. The van der Waals surface area contributed by atoms with Crippen LogP contribution in [0, 0.1) is 0 Å². The van der Waals surface area contributed by atoms with Gasteiger partial charge in [-0.05, 0) is 59.3 Å². The number of aliphatic hydroxyl groups excluding tert-OH is 1. The van der Waals surface area contributed by atoms with E-state index in [1.807, 2.05) is 12.1 Å². The summed E-state index contributed by atoms with van der Waals surface area (Å²) in [5.41, 5.74) is 1.13. The van der Waals surface area contributed by atoms with Crippen LogP contribution in [0.2, 0.25) is 0 Å². The first kappa shape index (κ1) is 12.9. The van der Waals surface area contributed by atoms with Crippen LogP contribution in [0.1, 0.15) is 31.2 Å². The molecule has 0 bridgehead atoms. The number of rotatable bonds is 3. The van der Waals surface area contributed by atoms with E-state index in [4.69, 9.17) is 0 Å². The van der Waals surface area contributed by atoms with Crippen LogP contribution in [-0.4, -0.2) is 22.4 Å². The highest BCUT2D eigenvalue weighted by atomic mass is 79.9. The molecule has 0 amide bonds. The van der Waals surface area contributed by atoms with Crippen molar-refractivity contribution in [2.75, 3.05) is 0 Å². The molecule has 0 aromatic heterocycles. The summed E-state index contributed by atoms with van der Waals surface area (Å²) >= 11 is 3.30. The largest absolute Gasteiger partial charge is 0.507 e. The van der Waals surface area contributed by atoms with E-state index >= 15 is 0 Å². The van der Waals surface area contributed by atoms with Crippen molar-refractivity contribution >= 4 is 15.9 Å². The first-order chi connectivity index (χ1) is 8.15. The zero-order chi connectivity index (χ0) is 12.3. The molecule has 3 nitrogen and oxygen atoms in total. The van der Waals surface area contributed by atoms with E-state index in [0.29, 0.717) is 6.04 Å². The fourth-order valence-corrected chi connectivity index (χ4v) is 2.70. The minimum Gasteiger partial charge on any atom is -0.507 e. The van der Waals surface area contributed by atoms with Gasteiger partial charge in [0.2, 0.25) is 0 Å². The Balaban J connectivity index is 1.86. The number of phenols is 1. The number of phenolic OH excluding ortho intramolecular Hbond substituents is 1. The normalized spacial score (nSPS) is 24.8. The topological polar surface area (TPSA) is 52.5 Å². The van der Waals surface area contributed by atoms with Crippen LogP contribution in [0.3, 0.4) is 0 Å². The van der Waals surface area contributed by atoms with Crippen molar-refractivity contribution in [2.45, 2.75) is 44.4 Å². The Morgan fingerprint density at radius 2 is 2.18 bits per heavy atom. The van der Waals surface area contributed by atoms with E-state index < -0.39 is 0 Å². The third kappa shape index (κ3) is 3.69. The van der Waals surface area contributed by atoms with Gasteiger partial charge in [-0.2, -0.15) is 0 Å². The van der Waals surface area contributed by atoms with E-state index in [2.05, 4.69) is 21.2 Å². The van der Waals surface area contributed by atoms with Gasteiger partial charge in [-0.3, -0.25) is 0 Å². The third-order valence-corrected chi connectivity index (χ3v) is 3.89. The summed E-state index contributed by atoms with van der Waals surface area (Å²) in [5, 5.41) is 22.4. The van der Waals surface area contributed by atoms with Gasteiger partial charge in [0, 0.05) is 12.6 Å². The van der Waals surface area contributed by atoms with Crippen LogP contribution in [0.5, 0.6) is 5.75 Å². The van der Waals surface area contributed by atoms with Gasteiger partial charge >= 0.3 is 0 Å². The van der Waals surface area contributed by atoms with Crippen LogP contribution in [0.4, 0.5) is 0 Å². The number of aliphatic hydroxyl groups is 1. The van der Waals surface area contributed by atoms with E-state index in [1.54, 1.807) is 6.07 Å². The van der Waals surface area contributed by atoms with Crippen LogP contribution < -0.4 is 5.32 Å². The van der Waals surface area contributed by atoms with Crippen LogP contribution in [0.15, 0.2) is 22.7 Å². The number of hydrogen-bond acceptors (Lipinski definition) is 3. The Kier molecular flexibility index (Phi) is 4.42. The van der Waals surface area contributed by atoms with Crippen molar-refractivity contribution in [1.82, 2.24) is 5.32 Å². The predicted octanol–water partition coefficient (Wildman–Crippen LogP) is 2.55. The quantitative estimate of drug-likeness (QED) is 0.804. The first-order valence-electron chi connectivity index (χ1n) is 6.04. The highest BCUT2D eigenvalue weighted by molar-refractivity contribution is 9.10. The standard InChI is InChI=1S/C13H18BrNO2/c14-12-6-9(4-5-13(12)17)8-15-10-2-1-3-11(16)7-10/h4-6,10-11,15-17H,1-3,7-8H2/t10-,11+/m0/s1. The minimum atomic E-state index is -0.146. The lowest BCUT2D eigenvalue weighted by molar-refractivity contribution is 0.111. The van der Waals surface area contributed by atoms with E-state index in [1.165, 1.54) is 0 Å². The van der Waals surface area contributed by atoms with Crippen molar-refractivity contribution < 1.29 is 10.2 Å². The summed E-state index contributed by atoms with van der Waals surface area (Å²) < 4.78 is 0.723. The van der Waals surface area contributed by atoms with Crippen LogP contribution in [0.25, 0.3) is 0 Å². The van der Waals surface area contributed by atoms with Gasteiger partial charge in [-0.1, -0.05) is 6.07 Å². The molecule has 0 unspecified atom stereocenters. The summed E-state index contributed by atoms with van der Waals surface area (Å²) in [7, 11) is 0. The zero-order valence-electron chi connectivity index (χ0n) is 9.69. The van der Waals surface area contributed by atoms with Gasteiger partial charge in [0.05, 0.1) is 10.6 Å². The zero-order valence-corrected chi connectivity index (χ0v) is 11.3. The number of nitrogens with one attached hydrogen (secondary N) is 1. The number of aromatic hydroxyl groups is 1. The molecule has 0 aliphatic heterocycles. The van der Waals surface area contributed by atoms with E-state index in [9.17, 15) is 10.2 Å². The molecule has 0 spiro atoms. The molecule has 0 radical (unpaired) electrons. The van der Waals surface area contributed by atoms with Gasteiger partial charge < -0.3 is 15.5 Å². The van der Waals surface area contributed by atoms with Crippen LogP contribution in [-0.2, 0) is 6.54 Å². The van der Waals surface area contributed by atoms with Gasteiger partial charge in [-0.15, -0.1) is 0 Å². The summed E-state index contributed by atoms with van der Waals surface area (Å²) in [6.07, 6.45) is 3.86. The highest BCUT2D eigenvalue weighted by Crippen LogP contribution is 2.24. The molecule has 1 aromatic carbocycles. The molecule has 1 saturated carbocycles. The molecule has 4 heteroatoms. The Labute approximate surface area is 110 Å². The molecule has 2 atom stereocenters. The maximum Gasteiger partial charge on any atom is 0.129 e. The molecular formula is C13H18BrNO2. The fourth-order valence-electron chi connectivity index (χ4n) is 2.27. The Hall–Kier alpha value is -0.580. The number of halogens is 1. The average molecular weight is 300 g/mol. The second-order valence-electron chi connectivity index (χ2n) is 4.68. The van der Waals surface area contributed by atoms with Gasteiger partial charge in [0.15, 0.2) is 0 Å². The molecule has 2 rings (SSSR count). The van der Waals surface area contributed by atoms with E-state index in [0.717, 1.165) is 42.3 Å². The molecule has 0 heterocycles. The summed E-state index contributed by atoms with van der Waals surface area (Å²) in [4.78, 5) is 0. The molecule has 1 aromatic rings. The summed E-state index contributed by atoms with van der Waals surface area (Å²) in [6, 6.07) is 5.93. The second-order valence-corrected chi connectivity index (χ2v) is 5.54. The molecular weight excluding hydrogens is 282 g/mol. The molecule has 17 heavy (non-hydrogen) atoms. The minimum absolute atomic E-state index is 0.146. The highest BCUT2D eigenvalue weighted by Gasteiger charge is 2.19. The molecule has 94 valence electrons. The second kappa shape index (κ2) is 5.85. The number of benzene rings is 1. The molecule has 0 saturated heterocycles. The Morgan fingerprint density at radius 1 is 1.35 bits per heavy atom. The fraction of sp³-hybridized carbons (Fsp3) is 0.538. The molecule has 3 N–H and O–H groups in total. The maximum absolute atomic E-state index is 9.58. The van der Waals surface area contributed by atoms with Crippen molar-refractivity contribution in [3.05, 3.63) is 28.2 Å². The van der Waals surface area contributed by atoms with Crippen molar-refractivity contribution in [2.24, 2.45) is 0 Å². The maximum atomic E-state index is 9.58. The molecule has 1 fully saturated rings. The smallest absolute Gasteiger partial charge is 0.129 e. The van der Waals surface area contributed by atoms with Crippen LogP contribution >= 0.6 is 15.9 Å². The van der Waals surface area contributed by atoms with Gasteiger partial charge in [-0.25, -0.2) is 0 Å². The monoisotopic (exact) mass is 299 g/mol. The third-order valence-electron chi connectivity index (χ3n) is 3.25. The predicted molar refractivity (Wildman–Crippen MR) is 70.9 cm³/mol. The Bertz CT molecular complexity index is 384. The lowest BCUT2D eigenvalue weighted by Gasteiger charge is -2.26. The van der Waals surface area contributed by atoms with Gasteiger partial charge in [0.25, 0.3) is 0 Å². The molecule has 1 aliphatic carbocycles. The van der Waals surface area contributed by atoms with Gasteiger partial charge in [0.1, 0.15) is 5.75 Å². The SMILES string of the molecule is Oc1ccc(CN[C@H]2CCC[C@@H](O)C2)cc1Br. The number of hydrogen-bond donors (Lipinski definition) is 3. The molecule has 1 aliphatic rings. The van der Waals surface area contributed by atoms with Crippen molar-refractivity contribution in [1.29, 1.82) is 0 Å². The van der Waals surface area contributed by atoms with E-state index in [-0.39, 0.29) is 11.9 Å². The van der Waals surface area contributed by atoms with Crippen molar-refractivity contribution in [3.63, 3.8) is 0 Å². The lowest BCUT2D eigenvalue weighted by atomic mass is 9.93. The first-order valence-corrected chi connectivity index (χ1v) is 6.83. The van der Waals surface area contributed by atoms with Crippen molar-refractivity contribution in [3.8, 4) is 5.75 Å². The summed E-state index contributed by atoms with van der Waals surface area (Å²) in [6.45, 7) is 0.774. The Morgan fingerprint density at radius 3 is 2.88 bits per heavy atom. The lowest BCUT2D eigenvalue weighted by Crippen LogP contribution is -2.35.